The number of pyridine rings is 1. The Labute approximate surface area is 176 Å². The standard InChI is InChI=1S/C18H18ClF3N2O3S2/c1-17(2,16(25)23-9-10-28-14-6-4-3-5-13(14)19)29(26,27)15-8-7-12(11-24-15)18(20,21)22/h3-8,11H,9-10H2,1-2H3,(H,23,25). The van der Waals surface area contributed by atoms with E-state index in [1.165, 1.54) is 25.6 Å². The van der Waals surface area contributed by atoms with Crippen LogP contribution >= 0.6 is 23.4 Å². The molecule has 0 radical (unpaired) electrons. The molecule has 1 amide bonds. The molecule has 0 saturated heterocycles. The van der Waals surface area contributed by atoms with Gasteiger partial charge in [0, 0.05) is 23.4 Å². The topological polar surface area (TPSA) is 76.1 Å². The number of nitrogens with zero attached hydrogens (tertiary/aromatic N) is 1. The van der Waals surface area contributed by atoms with Crippen LogP contribution in [-0.4, -0.2) is 36.4 Å². The first-order chi connectivity index (χ1) is 13.4. The molecule has 2 aromatic rings. The third-order valence-corrected chi connectivity index (χ3v) is 7.88. The highest BCUT2D eigenvalue weighted by atomic mass is 35.5. The van der Waals surface area contributed by atoms with Crippen molar-refractivity contribution in [2.45, 2.75) is 34.7 Å². The molecule has 0 spiro atoms. The van der Waals surface area contributed by atoms with Crippen LogP contribution in [0, 0.1) is 0 Å². The summed E-state index contributed by atoms with van der Waals surface area (Å²) in [7, 11) is -4.31. The second kappa shape index (κ2) is 8.93. The predicted octanol–water partition coefficient (Wildman–Crippen LogP) is 4.21. The van der Waals surface area contributed by atoms with Crippen molar-refractivity contribution in [2.24, 2.45) is 0 Å². The van der Waals surface area contributed by atoms with Gasteiger partial charge in [-0.1, -0.05) is 23.7 Å². The Morgan fingerprint density at radius 2 is 1.83 bits per heavy atom. The number of thioether (sulfide) groups is 1. The Balaban J connectivity index is 2.03. The van der Waals surface area contributed by atoms with Crippen LogP contribution in [0.5, 0.6) is 0 Å². The first-order valence-corrected chi connectivity index (χ1v) is 11.2. The van der Waals surface area contributed by atoms with Crippen LogP contribution in [0.2, 0.25) is 5.02 Å². The maximum atomic E-state index is 12.7. The minimum Gasteiger partial charge on any atom is -0.354 e. The fraction of sp³-hybridized carbons (Fsp3) is 0.333. The smallest absolute Gasteiger partial charge is 0.354 e. The summed E-state index contributed by atoms with van der Waals surface area (Å²) in [5.41, 5.74) is -1.07. The van der Waals surface area contributed by atoms with Gasteiger partial charge in [0.05, 0.1) is 10.6 Å². The zero-order chi connectivity index (χ0) is 21.9. The Kier molecular flexibility index (Phi) is 7.23. The van der Waals surface area contributed by atoms with Crippen LogP contribution in [0.1, 0.15) is 19.4 Å². The maximum Gasteiger partial charge on any atom is 0.417 e. The summed E-state index contributed by atoms with van der Waals surface area (Å²) in [6.07, 6.45) is -4.21. The average molecular weight is 467 g/mol. The van der Waals surface area contributed by atoms with Gasteiger partial charge in [0.25, 0.3) is 0 Å². The van der Waals surface area contributed by atoms with Crippen molar-refractivity contribution in [3.05, 3.63) is 53.2 Å². The third-order valence-electron chi connectivity index (χ3n) is 4.04. The summed E-state index contributed by atoms with van der Waals surface area (Å²) >= 11 is 7.43. The number of carbonyl (C=O) groups is 1. The monoisotopic (exact) mass is 466 g/mol. The number of benzene rings is 1. The molecule has 0 aliphatic rings. The van der Waals surface area contributed by atoms with Gasteiger partial charge in [-0.2, -0.15) is 13.2 Å². The van der Waals surface area contributed by atoms with Gasteiger partial charge in [-0.05, 0) is 38.1 Å². The Morgan fingerprint density at radius 3 is 2.38 bits per heavy atom. The highest BCUT2D eigenvalue weighted by molar-refractivity contribution is 7.99. The van der Waals surface area contributed by atoms with Crippen LogP contribution in [0.25, 0.3) is 0 Å². The lowest BCUT2D eigenvalue weighted by Crippen LogP contribution is -2.48. The summed E-state index contributed by atoms with van der Waals surface area (Å²) in [5, 5.41) is 2.50. The van der Waals surface area contributed by atoms with Gasteiger partial charge < -0.3 is 5.32 Å². The van der Waals surface area contributed by atoms with Gasteiger partial charge in [-0.25, -0.2) is 13.4 Å². The molecule has 5 nitrogen and oxygen atoms in total. The number of hydrogen-bond donors (Lipinski definition) is 1. The highest BCUT2D eigenvalue weighted by Gasteiger charge is 2.44. The molecule has 0 saturated carbocycles. The van der Waals surface area contributed by atoms with E-state index < -0.39 is 37.3 Å². The van der Waals surface area contributed by atoms with Crippen LogP contribution in [0.15, 0.2) is 52.5 Å². The van der Waals surface area contributed by atoms with Crippen molar-refractivity contribution in [2.75, 3.05) is 12.3 Å². The number of halogens is 4. The number of carbonyl (C=O) groups excluding carboxylic acids is 1. The van der Waals surface area contributed by atoms with E-state index in [0.717, 1.165) is 11.0 Å². The average Bonchev–Trinajstić information content (AvgIpc) is 2.65. The summed E-state index contributed by atoms with van der Waals surface area (Å²) in [6.45, 7) is 2.53. The molecule has 11 heteroatoms. The summed E-state index contributed by atoms with van der Waals surface area (Å²) < 4.78 is 61.4. The number of sulfone groups is 1. The molecule has 0 bridgehead atoms. The normalized spacial score (nSPS) is 12.6. The summed E-state index contributed by atoms with van der Waals surface area (Å²) in [5.74, 6) is -0.330. The van der Waals surface area contributed by atoms with E-state index in [0.29, 0.717) is 23.0 Å². The molecule has 0 unspecified atom stereocenters. The van der Waals surface area contributed by atoms with E-state index in [1.807, 2.05) is 12.1 Å². The molecule has 158 valence electrons. The van der Waals surface area contributed by atoms with Gasteiger partial charge >= 0.3 is 6.18 Å². The first-order valence-electron chi connectivity index (χ1n) is 8.31. The lowest BCUT2D eigenvalue weighted by molar-refractivity contribution is -0.137. The van der Waals surface area contributed by atoms with Crippen LogP contribution in [-0.2, 0) is 20.8 Å². The first kappa shape index (κ1) is 23.5. The van der Waals surface area contributed by atoms with Crippen molar-refractivity contribution in [1.29, 1.82) is 0 Å². The number of alkyl halides is 3. The molecule has 0 aliphatic carbocycles. The maximum absolute atomic E-state index is 12.7. The molecule has 0 atom stereocenters. The van der Waals surface area contributed by atoms with E-state index in [-0.39, 0.29) is 6.54 Å². The second-order valence-corrected chi connectivity index (χ2v) is 10.4. The zero-order valence-electron chi connectivity index (χ0n) is 15.5. The highest BCUT2D eigenvalue weighted by Crippen LogP contribution is 2.31. The molecule has 1 aromatic heterocycles. The molecule has 1 N–H and O–H groups in total. The molecule has 2 rings (SSSR count). The van der Waals surface area contributed by atoms with E-state index in [9.17, 15) is 26.4 Å². The fourth-order valence-electron chi connectivity index (χ4n) is 2.19. The molecule has 1 heterocycles. The van der Waals surface area contributed by atoms with Gasteiger partial charge in [0.1, 0.15) is 0 Å². The van der Waals surface area contributed by atoms with Gasteiger partial charge in [-0.15, -0.1) is 11.8 Å². The van der Waals surface area contributed by atoms with Gasteiger partial charge in [-0.3, -0.25) is 4.79 Å². The Bertz CT molecular complexity index is 979. The Morgan fingerprint density at radius 1 is 1.17 bits per heavy atom. The Hall–Kier alpha value is -1.78. The SMILES string of the molecule is CC(C)(C(=O)NCCSc1ccccc1Cl)S(=O)(=O)c1ccc(C(F)(F)F)cn1. The lowest BCUT2D eigenvalue weighted by Gasteiger charge is -2.23. The van der Waals surface area contributed by atoms with E-state index in [1.54, 1.807) is 12.1 Å². The van der Waals surface area contributed by atoms with Crippen LogP contribution in [0.3, 0.4) is 0 Å². The third kappa shape index (κ3) is 5.43. The lowest BCUT2D eigenvalue weighted by atomic mass is 10.2. The molecule has 0 aliphatic heterocycles. The molecular weight excluding hydrogens is 449 g/mol. The number of aromatic nitrogens is 1. The van der Waals surface area contributed by atoms with E-state index in [2.05, 4.69) is 10.3 Å². The number of hydrogen-bond acceptors (Lipinski definition) is 5. The van der Waals surface area contributed by atoms with Crippen molar-refractivity contribution in [3.8, 4) is 0 Å². The van der Waals surface area contributed by atoms with Crippen LogP contribution in [0.4, 0.5) is 13.2 Å². The predicted molar refractivity (Wildman–Crippen MR) is 106 cm³/mol. The van der Waals surface area contributed by atoms with Crippen molar-refractivity contribution >= 4 is 39.1 Å². The molecule has 0 fully saturated rings. The fourth-order valence-corrected chi connectivity index (χ4v) is 4.57. The van der Waals surface area contributed by atoms with E-state index >= 15 is 0 Å². The van der Waals surface area contributed by atoms with Crippen molar-refractivity contribution < 1.29 is 26.4 Å². The van der Waals surface area contributed by atoms with Crippen molar-refractivity contribution in [3.63, 3.8) is 0 Å². The number of rotatable bonds is 7. The molecular formula is C18H18ClF3N2O3S2. The quantitative estimate of drug-likeness (QED) is 0.488. The van der Waals surface area contributed by atoms with E-state index in [4.69, 9.17) is 11.6 Å². The second-order valence-electron chi connectivity index (χ2n) is 6.43. The van der Waals surface area contributed by atoms with Crippen molar-refractivity contribution in [1.82, 2.24) is 10.3 Å². The summed E-state index contributed by atoms with van der Waals surface area (Å²) in [6, 6.07) is 8.53. The zero-order valence-corrected chi connectivity index (χ0v) is 17.8. The molecule has 29 heavy (non-hydrogen) atoms. The largest absolute Gasteiger partial charge is 0.417 e. The number of amides is 1. The summed E-state index contributed by atoms with van der Waals surface area (Å²) in [4.78, 5) is 16.7. The minimum atomic E-state index is -4.64. The number of nitrogens with one attached hydrogen (secondary N) is 1. The van der Waals surface area contributed by atoms with Crippen LogP contribution < -0.4 is 5.32 Å². The molecule has 1 aromatic carbocycles. The van der Waals surface area contributed by atoms with Gasteiger partial charge in [0.2, 0.25) is 15.7 Å². The van der Waals surface area contributed by atoms with Gasteiger partial charge in [0.15, 0.2) is 9.77 Å². The minimum absolute atomic E-state index is 0.175.